The summed E-state index contributed by atoms with van der Waals surface area (Å²) >= 11 is 0. The monoisotopic (exact) mass is 694 g/mol. The van der Waals surface area contributed by atoms with E-state index < -0.39 is 5.41 Å². The van der Waals surface area contributed by atoms with Crippen LogP contribution in [0.5, 0.6) is 5.75 Å². The summed E-state index contributed by atoms with van der Waals surface area (Å²) in [4.78, 5) is 17.8. The van der Waals surface area contributed by atoms with Gasteiger partial charge >= 0.3 is 0 Å². The number of ether oxygens (including phenoxy) is 1. The van der Waals surface area contributed by atoms with Gasteiger partial charge in [0.2, 0.25) is 0 Å². The fourth-order valence-corrected chi connectivity index (χ4v) is 7.39. The second-order valence-corrected chi connectivity index (χ2v) is 13.1. The number of allylic oxidation sites excluding steroid dienone is 8. The van der Waals surface area contributed by atoms with Crippen molar-refractivity contribution in [2.75, 3.05) is 0 Å². The summed E-state index contributed by atoms with van der Waals surface area (Å²) in [6.45, 7) is 0. The summed E-state index contributed by atoms with van der Waals surface area (Å²) in [5.74, 6) is 2.07. The van der Waals surface area contributed by atoms with Crippen molar-refractivity contribution < 1.29 is 4.74 Å². The standard InChI is InChI=1S/C49H34N4O/c1-2-16-38(17-3-1)47-51-34-52-48(53-47)39-24-22-37(23-25-39)40-26-27-45-46(32-40)54-31-28-35(12-4-5-13-36-15-11-30-50-33-36)14-10-29-49(45)43-20-8-6-18-41(43)42-19-7-9-21-44(42)49/h1-34H/b12-4+,13-5-,29-10+,31-28?,35-14-. The maximum atomic E-state index is 6.65. The quantitative estimate of drug-likeness (QED) is 0.162. The van der Waals surface area contributed by atoms with E-state index in [0.29, 0.717) is 11.6 Å². The molecule has 0 radical (unpaired) electrons. The first-order chi connectivity index (χ1) is 26.8. The normalized spacial score (nSPS) is 15.6. The Morgan fingerprint density at radius 2 is 1.24 bits per heavy atom. The first kappa shape index (κ1) is 32.7. The van der Waals surface area contributed by atoms with Gasteiger partial charge in [0, 0.05) is 29.1 Å². The van der Waals surface area contributed by atoms with E-state index in [1.54, 1.807) is 18.8 Å². The van der Waals surface area contributed by atoms with Crippen molar-refractivity contribution >= 4 is 6.08 Å². The van der Waals surface area contributed by atoms with Crippen molar-refractivity contribution in [2.24, 2.45) is 0 Å². The molecule has 5 heteroatoms. The number of hydrogen-bond acceptors (Lipinski definition) is 5. The maximum Gasteiger partial charge on any atom is 0.163 e. The molecule has 1 aliphatic heterocycles. The lowest BCUT2D eigenvalue weighted by Gasteiger charge is -2.31. The molecule has 0 saturated carbocycles. The Hall–Kier alpha value is -7.24. The van der Waals surface area contributed by atoms with Gasteiger partial charge in [0.1, 0.15) is 12.1 Å². The summed E-state index contributed by atoms with van der Waals surface area (Å²) in [5.41, 5.74) is 11.4. The number of hydrogen-bond donors (Lipinski definition) is 0. The fourth-order valence-electron chi connectivity index (χ4n) is 7.39. The van der Waals surface area contributed by atoms with E-state index in [4.69, 9.17) is 9.72 Å². The number of benzene rings is 5. The van der Waals surface area contributed by atoms with Crippen LogP contribution in [0.2, 0.25) is 0 Å². The summed E-state index contributed by atoms with van der Waals surface area (Å²) < 4.78 is 6.65. The highest BCUT2D eigenvalue weighted by molar-refractivity contribution is 5.86. The maximum absolute atomic E-state index is 6.65. The van der Waals surface area contributed by atoms with Crippen molar-refractivity contribution in [1.29, 1.82) is 0 Å². The van der Waals surface area contributed by atoms with E-state index in [0.717, 1.165) is 44.7 Å². The van der Waals surface area contributed by atoms with Gasteiger partial charge in [-0.25, -0.2) is 15.0 Å². The lowest BCUT2D eigenvalue weighted by Crippen LogP contribution is -2.25. The smallest absolute Gasteiger partial charge is 0.163 e. The first-order valence-electron chi connectivity index (χ1n) is 17.9. The molecular formula is C49H34N4O. The van der Waals surface area contributed by atoms with Gasteiger partial charge in [-0.2, -0.15) is 0 Å². The summed E-state index contributed by atoms with van der Waals surface area (Å²) in [6, 6.07) is 46.3. The highest BCUT2D eigenvalue weighted by atomic mass is 16.5. The molecule has 0 saturated heterocycles. The Bertz CT molecular complexity index is 2570. The molecule has 0 amide bonds. The molecule has 0 unspecified atom stereocenters. The Kier molecular flexibility index (Phi) is 8.71. The van der Waals surface area contributed by atoms with Gasteiger partial charge in [-0.1, -0.05) is 164 Å². The van der Waals surface area contributed by atoms with Crippen molar-refractivity contribution in [3.63, 3.8) is 0 Å². The van der Waals surface area contributed by atoms with Crippen LogP contribution < -0.4 is 4.74 Å². The minimum atomic E-state index is -0.573. The van der Waals surface area contributed by atoms with Gasteiger partial charge in [-0.05, 0) is 62.7 Å². The van der Waals surface area contributed by atoms with Gasteiger partial charge in [0.25, 0.3) is 0 Å². The topological polar surface area (TPSA) is 60.8 Å². The van der Waals surface area contributed by atoms with Crippen LogP contribution in [0, 0.1) is 0 Å². The average molecular weight is 695 g/mol. The molecule has 5 aromatic carbocycles. The largest absolute Gasteiger partial charge is 0.465 e. The van der Waals surface area contributed by atoms with Crippen molar-refractivity contribution in [1.82, 2.24) is 19.9 Å². The molecule has 0 bridgehead atoms. The first-order valence-corrected chi connectivity index (χ1v) is 17.9. The number of pyridine rings is 1. The number of aromatic nitrogens is 4. The SMILES string of the molecule is C1=CC(/C=C/C=C\c2cccnc2)=C\C=C\C2(c3ccc(-c4ccc(-c5ncnc(-c6ccccc6)n5)cc4)cc3O1)c1ccccc1-c1ccccc12. The molecule has 2 aliphatic rings. The van der Waals surface area contributed by atoms with E-state index in [2.05, 4.69) is 130 Å². The predicted molar refractivity (Wildman–Crippen MR) is 217 cm³/mol. The Morgan fingerprint density at radius 1 is 0.574 bits per heavy atom. The number of rotatable bonds is 6. The molecule has 0 N–H and O–H groups in total. The molecule has 1 spiro atoms. The third-order valence-electron chi connectivity index (χ3n) is 9.94. The van der Waals surface area contributed by atoms with E-state index in [1.807, 2.05) is 73.0 Å². The minimum absolute atomic E-state index is 0.573. The average Bonchev–Trinajstić information content (AvgIpc) is 3.53. The van der Waals surface area contributed by atoms with Gasteiger partial charge in [0.05, 0.1) is 11.7 Å². The van der Waals surface area contributed by atoms with Crippen LogP contribution in [0.3, 0.4) is 0 Å². The molecule has 256 valence electrons. The van der Waals surface area contributed by atoms with E-state index in [-0.39, 0.29) is 0 Å². The molecule has 54 heavy (non-hydrogen) atoms. The van der Waals surface area contributed by atoms with Crippen LogP contribution in [-0.2, 0) is 5.41 Å². The van der Waals surface area contributed by atoms with E-state index >= 15 is 0 Å². The second kappa shape index (κ2) is 14.4. The molecule has 7 aromatic rings. The molecule has 9 rings (SSSR count). The van der Waals surface area contributed by atoms with Crippen LogP contribution in [0.25, 0.3) is 51.1 Å². The zero-order valence-corrected chi connectivity index (χ0v) is 29.3. The van der Waals surface area contributed by atoms with E-state index in [1.165, 1.54) is 22.3 Å². The van der Waals surface area contributed by atoms with Gasteiger partial charge in [-0.3, -0.25) is 4.98 Å². The molecular weight excluding hydrogens is 661 g/mol. The molecule has 2 aromatic heterocycles. The number of fused-ring (bicyclic) bond motifs is 7. The number of nitrogens with zero attached hydrogens (tertiary/aromatic N) is 4. The molecule has 5 nitrogen and oxygen atoms in total. The molecule has 0 atom stereocenters. The summed E-state index contributed by atoms with van der Waals surface area (Å²) in [7, 11) is 0. The minimum Gasteiger partial charge on any atom is -0.465 e. The van der Waals surface area contributed by atoms with Crippen molar-refractivity contribution in [3.8, 4) is 50.8 Å². The third kappa shape index (κ3) is 6.18. The summed E-state index contributed by atoms with van der Waals surface area (Å²) in [6.07, 6.45) is 23.8. The Labute approximate surface area is 314 Å². The highest BCUT2D eigenvalue weighted by Crippen LogP contribution is 2.55. The van der Waals surface area contributed by atoms with Gasteiger partial charge in [-0.15, -0.1) is 0 Å². The van der Waals surface area contributed by atoms with Crippen molar-refractivity contribution in [3.05, 3.63) is 229 Å². The zero-order chi connectivity index (χ0) is 36.2. The van der Waals surface area contributed by atoms with Gasteiger partial charge < -0.3 is 4.74 Å². The summed E-state index contributed by atoms with van der Waals surface area (Å²) in [5, 5.41) is 0. The van der Waals surface area contributed by atoms with Crippen LogP contribution in [0.4, 0.5) is 0 Å². The van der Waals surface area contributed by atoms with Crippen LogP contribution in [-0.4, -0.2) is 19.9 Å². The fraction of sp³-hybridized carbons (Fsp3) is 0.0204. The molecule has 0 fully saturated rings. The zero-order valence-electron chi connectivity index (χ0n) is 29.3. The Balaban J connectivity index is 1.11. The molecule has 3 heterocycles. The van der Waals surface area contributed by atoms with Crippen LogP contribution in [0.15, 0.2) is 207 Å². The lowest BCUT2D eigenvalue weighted by atomic mass is 9.71. The highest BCUT2D eigenvalue weighted by Gasteiger charge is 2.44. The van der Waals surface area contributed by atoms with Crippen LogP contribution >= 0.6 is 0 Å². The van der Waals surface area contributed by atoms with Crippen molar-refractivity contribution in [2.45, 2.75) is 5.41 Å². The van der Waals surface area contributed by atoms with E-state index in [9.17, 15) is 0 Å². The van der Waals surface area contributed by atoms with Gasteiger partial charge in [0.15, 0.2) is 11.6 Å². The molecule has 1 aliphatic carbocycles. The van der Waals surface area contributed by atoms with Crippen LogP contribution in [0.1, 0.15) is 22.3 Å². The Morgan fingerprint density at radius 3 is 1.98 bits per heavy atom. The lowest BCUT2D eigenvalue weighted by molar-refractivity contribution is 0.469. The third-order valence-corrected chi connectivity index (χ3v) is 9.94. The second-order valence-electron chi connectivity index (χ2n) is 13.1. The predicted octanol–water partition coefficient (Wildman–Crippen LogP) is 11.2.